The highest BCUT2D eigenvalue weighted by Gasteiger charge is 2.09. The lowest BCUT2D eigenvalue weighted by Gasteiger charge is -2.15. The van der Waals surface area contributed by atoms with E-state index in [-0.39, 0.29) is 18.2 Å². The Balaban J connectivity index is 0.00000256. The number of ether oxygens (including phenoxy) is 1. The molecule has 0 radical (unpaired) electrons. The lowest BCUT2D eigenvalue weighted by molar-refractivity contribution is 0.302. The summed E-state index contributed by atoms with van der Waals surface area (Å²) in [7, 11) is 0. The van der Waals surface area contributed by atoms with Crippen molar-refractivity contribution in [3.63, 3.8) is 0 Å². The third-order valence-electron chi connectivity index (χ3n) is 5.06. The van der Waals surface area contributed by atoms with E-state index in [0.717, 1.165) is 23.4 Å². The molecule has 0 fully saturated rings. The van der Waals surface area contributed by atoms with E-state index in [0.29, 0.717) is 13.2 Å². The maximum absolute atomic E-state index is 13.1. The molecule has 4 rings (SSSR count). The van der Waals surface area contributed by atoms with Crippen molar-refractivity contribution in [3.05, 3.63) is 113 Å². The maximum Gasteiger partial charge on any atom is 0.124 e. The zero-order valence-corrected chi connectivity index (χ0v) is 17.7. The number of fused-ring (bicyclic) bond motifs is 1. The highest BCUT2D eigenvalue weighted by atomic mass is 35.5. The Morgan fingerprint density at radius 3 is 2.23 bits per heavy atom. The normalized spacial score (nSPS) is 10.6. The number of halogens is 2. The van der Waals surface area contributed by atoms with Crippen molar-refractivity contribution < 1.29 is 9.13 Å². The van der Waals surface area contributed by atoms with Crippen molar-refractivity contribution in [2.45, 2.75) is 26.6 Å². The fourth-order valence-corrected chi connectivity index (χ4v) is 3.41. The van der Waals surface area contributed by atoms with Gasteiger partial charge in [-0.1, -0.05) is 72.3 Å². The van der Waals surface area contributed by atoms with E-state index in [1.165, 1.54) is 34.0 Å². The minimum Gasteiger partial charge on any atom is -0.489 e. The van der Waals surface area contributed by atoms with Crippen LogP contribution in [0.15, 0.2) is 84.9 Å². The zero-order chi connectivity index (χ0) is 20.1. The van der Waals surface area contributed by atoms with Gasteiger partial charge in [-0.25, -0.2) is 4.39 Å². The van der Waals surface area contributed by atoms with Crippen molar-refractivity contribution in [3.8, 4) is 5.75 Å². The van der Waals surface area contributed by atoms with Crippen LogP contribution in [0.2, 0.25) is 0 Å². The van der Waals surface area contributed by atoms with E-state index in [4.69, 9.17) is 4.74 Å². The predicted molar refractivity (Wildman–Crippen MR) is 124 cm³/mol. The van der Waals surface area contributed by atoms with Gasteiger partial charge in [0.2, 0.25) is 0 Å². The van der Waals surface area contributed by atoms with E-state index in [1.807, 2.05) is 12.1 Å². The second kappa shape index (κ2) is 10.2. The summed E-state index contributed by atoms with van der Waals surface area (Å²) in [5.41, 5.74) is 4.60. The van der Waals surface area contributed by atoms with Crippen LogP contribution in [0.1, 0.15) is 22.3 Å². The first-order valence-electron chi connectivity index (χ1n) is 9.83. The van der Waals surface area contributed by atoms with Crippen LogP contribution < -0.4 is 10.1 Å². The van der Waals surface area contributed by atoms with Gasteiger partial charge in [0.15, 0.2) is 0 Å². The molecule has 0 unspecified atom stereocenters. The molecule has 0 aliphatic carbocycles. The maximum atomic E-state index is 13.1. The smallest absolute Gasteiger partial charge is 0.124 e. The Bertz CT molecular complexity index is 1090. The Labute approximate surface area is 183 Å². The molecule has 0 spiro atoms. The first-order chi connectivity index (χ1) is 14.2. The van der Waals surface area contributed by atoms with Crippen LogP contribution in [-0.4, -0.2) is 0 Å². The van der Waals surface area contributed by atoms with E-state index in [1.54, 1.807) is 12.1 Å². The van der Waals surface area contributed by atoms with Crippen molar-refractivity contribution in [2.24, 2.45) is 0 Å². The molecule has 154 valence electrons. The molecule has 0 heterocycles. The molecule has 1 N–H and O–H groups in total. The van der Waals surface area contributed by atoms with Crippen molar-refractivity contribution in [2.75, 3.05) is 0 Å². The van der Waals surface area contributed by atoms with Gasteiger partial charge in [0.05, 0.1) is 0 Å². The van der Waals surface area contributed by atoms with Gasteiger partial charge in [-0.15, -0.1) is 12.4 Å². The number of benzene rings is 4. The molecule has 0 aliphatic heterocycles. The Hall–Kier alpha value is -2.88. The molecule has 2 nitrogen and oxygen atoms in total. The average molecular weight is 422 g/mol. The number of rotatable bonds is 7. The molecule has 0 amide bonds. The highest BCUT2D eigenvalue weighted by Crippen LogP contribution is 2.29. The van der Waals surface area contributed by atoms with E-state index in [9.17, 15) is 4.39 Å². The summed E-state index contributed by atoms with van der Waals surface area (Å²) in [5.74, 6) is 0.616. The fourth-order valence-electron chi connectivity index (χ4n) is 3.41. The molecule has 4 aromatic rings. The van der Waals surface area contributed by atoms with Gasteiger partial charge in [-0.2, -0.15) is 0 Å². The highest BCUT2D eigenvalue weighted by molar-refractivity contribution is 5.87. The molecular formula is C26H25ClFNO. The zero-order valence-electron chi connectivity index (χ0n) is 16.9. The summed E-state index contributed by atoms with van der Waals surface area (Å²) >= 11 is 0. The van der Waals surface area contributed by atoms with Gasteiger partial charge >= 0.3 is 0 Å². The Morgan fingerprint density at radius 2 is 1.47 bits per heavy atom. The molecule has 4 heteroatoms. The SMILES string of the molecule is Cc1ccc(CNCc2c(OCc3ccc(F)cc3)ccc3ccccc23)cc1.Cl. The summed E-state index contributed by atoms with van der Waals surface area (Å²) in [6.07, 6.45) is 0. The first-order valence-corrected chi connectivity index (χ1v) is 9.83. The molecule has 0 aromatic heterocycles. The van der Waals surface area contributed by atoms with E-state index in [2.05, 4.69) is 60.8 Å². The average Bonchev–Trinajstić information content (AvgIpc) is 2.75. The second-order valence-corrected chi connectivity index (χ2v) is 7.27. The molecule has 0 saturated carbocycles. The summed E-state index contributed by atoms with van der Waals surface area (Å²) in [6.45, 7) is 4.00. The van der Waals surface area contributed by atoms with E-state index >= 15 is 0 Å². The third-order valence-corrected chi connectivity index (χ3v) is 5.06. The molecular weight excluding hydrogens is 397 g/mol. The van der Waals surface area contributed by atoms with Crippen LogP contribution in [-0.2, 0) is 19.7 Å². The second-order valence-electron chi connectivity index (χ2n) is 7.27. The monoisotopic (exact) mass is 421 g/mol. The van der Waals surface area contributed by atoms with Crippen LogP contribution in [0, 0.1) is 12.7 Å². The molecule has 30 heavy (non-hydrogen) atoms. The first kappa shape index (κ1) is 21.8. The predicted octanol–water partition coefficient (Wildman–Crippen LogP) is 6.58. The topological polar surface area (TPSA) is 21.3 Å². The summed E-state index contributed by atoms with van der Waals surface area (Å²) in [4.78, 5) is 0. The molecule has 4 aromatic carbocycles. The lowest BCUT2D eigenvalue weighted by Crippen LogP contribution is -2.14. The largest absolute Gasteiger partial charge is 0.489 e. The van der Waals surface area contributed by atoms with Gasteiger partial charge in [-0.05, 0) is 47.0 Å². The van der Waals surface area contributed by atoms with Crippen LogP contribution >= 0.6 is 12.4 Å². The minimum absolute atomic E-state index is 0. The summed E-state index contributed by atoms with van der Waals surface area (Å²) in [6, 6.07) is 27.4. The number of nitrogens with one attached hydrogen (secondary N) is 1. The van der Waals surface area contributed by atoms with Gasteiger partial charge < -0.3 is 10.1 Å². The van der Waals surface area contributed by atoms with Crippen molar-refractivity contribution >= 4 is 23.2 Å². The quantitative estimate of drug-likeness (QED) is 0.364. The minimum atomic E-state index is -0.236. The fraction of sp³-hybridized carbons (Fsp3) is 0.154. The lowest BCUT2D eigenvalue weighted by atomic mass is 10.0. The van der Waals surface area contributed by atoms with Crippen molar-refractivity contribution in [1.29, 1.82) is 0 Å². The molecule has 0 saturated heterocycles. The van der Waals surface area contributed by atoms with Gasteiger partial charge in [-0.3, -0.25) is 0 Å². The number of hydrogen-bond acceptors (Lipinski definition) is 2. The Kier molecular flexibility index (Phi) is 7.45. The summed E-state index contributed by atoms with van der Waals surface area (Å²) in [5, 5.41) is 5.92. The summed E-state index contributed by atoms with van der Waals surface area (Å²) < 4.78 is 19.3. The van der Waals surface area contributed by atoms with Crippen LogP contribution in [0.25, 0.3) is 10.8 Å². The van der Waals surface area contributed by atoms with Crippen LogP contribution in [0.4, 0.5) is 4.39 Å². The van der Waals surface area contributed by atoms with Gasteiger partial charge in [0.25, 0.3) is 0 Å². The van der Waals surface area contributed by atoms with E-state index < -0.39 is 0 Å². The Morgan fingerprint density at radius 1 is 0.767 bits per heavy atom. The molecule has 0 aliphatic rings. The van der Waals surface area contributed by atoms with Crippen LogP contribution in [0.3, 0.4) is 0 Å². The third kappa shape index (κ3) is 5.38. The van der Waals surface area contributed by atoms with Crippen LogP contribution in [0.5, 0.6) is 5.75 Å². The standard InChI is InChI=1S/C26H24FNO.ClH/c1-19-6-8-20(9-7-19)16-28-17-25-24-5-3-2-4-22(24)12-15-26(25)29-18-21-10-13-23(27)14-11-21;/h2-15,28H,16-18H2,1H3;1H. The number of aryl methyl sites for hydroxylation is 1. The van der Waals surface area contributed by atoms with Crippen molar-refractivity contribution in [1.82, 2.24) is 5.32 Å². The van der Waals surface area contributed by atoms with Gasteiger partial charge in [0.1, 0.15) is 18.2 Å². The number of hydrogen-bond donors (Lipinski definition) is 1. The van der Waals surface area contributed by atoms with Gasteiger partial charge in [0, 0.05) is 18.7 Å². The molecule has 0 bridgehead atoms. The molecule has 0 atom stereocenters.